The zero-order valence-electron chi connectivity index (χ0n) is 12.9. The van der Waals surface area contributed by atoms with Crippen molar-refractivity contribution in [2.24, 2.45) is 0 Å². The first-order chi connectivity index (χ1) is 11.2. The summed E-state index contributed by atoms with van der Waals surface area (Å²) in [7, 11) is 0. The van der Waals surface area contributed by atoms with E-state index in [9.17, 15) is 10.1 Å². The molecule has 0 spiro atoms. The Bertz CT molecular complexity index is 639. The normalized spacial score (nSPS) is 17.7. The van der Waals surface area contributed by atoms with E-state index in [1.165, 1.54) is 4.88 Å². The van der Waals surface area contributed by atoms with E-state index in [-0.39, 0.29) is 16.7 Å². The van der Waals surface area contributed by atoms with Gasteiger partial charge in [0.2, 0.25) is 0 Å². The molecule has 3 rings (SSSR count). The molecular weight excluding hydrogens is 312 g/mol. The van der Waals surface area contributed by atoms with Crippen LogP contribution in [-0.2, 0) is 17.8 Å². The van der Waals surface area contributed by atoms with Crippen LogP contribution in [0.3, 0.4) is 0 Å². The maximum absolute atomic E-state index is 11.2. The molecule has 1 unspecified atom stereocenters. The van der Waals surface area contributed by atoms with Crippen LogP contribution in [0.25, 0.3) is 0 Å². The highest BCUT2D eigenvalue weighted by Crippen LogP contribution is 2.23. The first kappa shape index (κ1) is 16.1. The molecule has 6 heteroatoms. The van der Waals surface area contributed by atoms with Gasteiger partial charge in [-0.25, -0.2) is 0 Å². The van der Waals surface area contributed by atoms with Crippen LogP contribution in [-0.4, -0.2) is 29.1 Å². The predicted molar refractivity (Wildman–Crippen MR) is 90.5 cm³/mol. The lowest BCUT2D eigenvalue weighted by atomic mass is 10.1. The van der Waals surface area contributed by atoms with E-state index < -0.39 is 0 Å². The molecule has 2 aromatic rings. The number of nitrogens with zero attached hydrogens (tertiary/aromatic N) is 2. The number of hydrogen-bond acceptors (Lipinski definition) is 5. The molecule has 1 aromatic heterocycles. The smallest absolute Gasteiger partial charge is 0.273 e. The van der Waals surface area contributed by atoms with E-state index in [0.717, 1.165) is 38.1 Å². The van der Waals surface area contributed by atoms with Crippen LogP contribution < -0.4 is 0 Å². The highest BCUT2D eigenvalue weighted by molar-refractivity contribution is 7.09. The number of nitro groups is 1. The van der Waals surface area contributed by atoms with Crippen molar-refractivity contribution in [3.05, 3.63) is 62.3 Å². The van der Waals surface area contributed by atoms with E-state index in [4.69, 9.17) is 4.74 Å². The minimum absolute atomic E-state index is 0.191. The Hall–Kier alpha value is -1.76. The van der Waals surface area contributed by atoms with Crippen LogP contribution in [0.1, 0.15) is 23.3 Å². The fourth-order valence-electron chi connectivity index (χ4n) is 2.95. The van der Waals surface area contributed by atoms with Gasteiger partial charge in [-0.1, -0.05) is 24.3 Å². The van der Waals surface area contributed by atoms with Gasteiger partial charge in [-0.3, -0.25) is 15.0 Å². The molecule has 122 valence electrons. The van der Waals surface area contributed by atoms with Gasteiger partial charge in [0.25, 0.3) is 5.69 Å². The second-order valence-corrected chi connectivity index (χ2v) is 6.80. The molecule has 0 amide bonds. The number of para-hydroxylation sites is 1. The summed E-state index contributed by atoms with van der Waals surface area (Å²) >= 11 is 1.71. The first-order valence-electron chi connectivity index (χ1n) is 7.81. The monoisotopic (exact) mass is 332 g/mol. The van der Waals surface area contributed by atoms with E-state index in [2.05, 4.69) is 16.3 Å². The summed E-state index contributed by atoms with van der Waals surface area (Å²) in [5, 5.41) is 13.3. The van der Waals surface area contributed by atoms with Crippen LogP contribution >= 0.6 is 11.3 Å². The van der Waals surface area contributed by atoms with Gasteiger partial charge in [0.05, 0.1) is 11.0 Å². The van der Waals surface area contributed by atoms with Gasteiger partial charge in [0, 0.05) is 42.7 Å². The van der Waals surface area contributed by atoms with Crippen molar-refractivity contribution in [1.29, 1.82) is 0 Å². The maximum atomic E-state index is 11.2. The van der Waals surface area contributed by atoms with Crippen molar-refractivity contribution >= 4 is 17.0 Å². The van der Waals surface area contributed by atoms with Gasteiger partial charge in [0.15, 0.2) is 0 Å². The number of rotatable bonds is 7. The summed E-state index contributed by atoms with van der Waals surface area (Å²) in [4.78, 5) is 14.4. The zero-order valence-corrected chi connectivity index (χ0v) is 13.7. The third-order valence-corrected chi connectivity index (χ3v) is 4.89. The zero-order chi connectivity index (χ0) is 16.1. The fraction of sp³-hybridized carbons (Fsp3) is 0.412. The van der Waals surface area contributed by atoms with E-state index in [0.29, 0.717) is 6.54 Å². The first-order valence-corrected chi connectivity index (χ1v) is 8.69. The van der Waals surface area contributed by atoms with Crippen LogP contribution in [0.4, 0.5) is 5.69 Å². The molecule has 0 bridgehead atoms. The van der Waals surface area contributed by atoms with Gasteiger partial charge in [-0.15, -0.1) is 11.3 Å². The molecule has 1 aromatic carbocycles. The van der Waals surface area contributed by atoms with Gasteiger partial charge in [-0.05, 0) is 24.3 Å². The van der Waals surface area contributed by atoms with Crippen molar-refractivity contribution in [3.63, 3.8) is 0 Å². The van der Waals surface area contributed by atoms with E-state index in [1.54, 1.807) is 23.5 Å². The fourth-order valence-corrected chi connectivity index (χ4v) is 3.69. The molecule has 0 radical (unpaired) electrons. The van der Waals surface area contributed by atoms with E-state index in [1.807, 2.05) is 18.2 Å². The molecular formula is C17H20N2O3S. The lowest BCUT2D eigenvalue weighted by Crippen LogP contribution is -2.31. The summed E-state index contributed by atoms with van der Waals surface area (Å²) in [5.41, 5.74) is 0.947. The molecule has 1 fully saturated rings. The second-order valence-electron chi connectivity index (χ2n) is 5.77. The number of benzene rings is 1. The maximum Gasteiger partial charge on any atom is 0.273 e. The Morgan fingerprint density at radius 3 is 2.83 bits per heavy atom. The lowest BCUT2D eigenvalue weighted by Gasteiger charge is -2.24. The average molecular weight is 332 g/mol. The molecule has 5 nitrogen and oxygen atoms in total. The van der Waals surface area contributed by atoms with Crippen molar-refractivity contribution in [2.75, 3.05) is 13.2 Å². The molecule has 0 N–H and O–H groups in total. The standard InChI is InChI=1S/C17H20N2O3S/c20-19(21)17-8-2-1-5-14(17)11-18(12-15-6-3-9-22-15)13-16-7-4-10-23-16/h1-2,4-5,7-8,10,15H,3,6,9,11-13H2. The van der Waals surface area contributed by atoms with Crippen LogP contribution in [0, 0.1) is 10.1 Å². The Kier molecular flexibility index (Phi) is 5.38. The van der Waals surface area contributed by atoms with Gasteiger partial charge in [0.1, 0.15) is 0 Å². The second kappa shape index (κ2) is 7.68. The molecule has 1 atom stereocenters. The molecule has 0 aliphatic carbocycles. The number of nitro benzene ring substituents is 1. The van der Waals surface area contributed by atoms with Gasteiger partial charge < -0.3 is 4.74 Å². The minimum atomic E-state index is -0.301. The molecule has 23 heavy (non-hydrogen) atoms. The van der Waals surface area contributed by atoms with Crippen molar-refractivity contribution in [2.45, 2.75) is 32.0 Å². The van der Waals surface area contributed by atoms with Crippen LogP contribution in [0.5, 0.6) is 0 Å². The van der Waals surface area contributed by atoms with E-state index >= 15 is 0 Å². The van der Waals surface area contributed by atoms with Crippen LogP contribution in [0.15, 0.2) is 41.8 Å². The highest BCUT2D eigenvalue weighted by Gasteiger charge is 2.22. The Morgan fingerprint density at radius 2 is 2.13 bits per heavy atom. The number of ether oxygens (including phenoxy) is 1. The SMILES string of the molecule is O=[N+]([O-])c1ccccc1CN(Cc1cccs1)CC1CCCO1. The predicted octanol–water partition coefficient (Wildman–Crippen LogP) is 3.84. The van der Waals surface area contributed by atoms with Crippen molar-refractivity contribution < 1.29 is 9.66 Å². The lowest BCUT2D eigenvalue weighted by molar-refractivity contribution is -0.385. The molecule has 0 saturated carbocycles. The average Bonchev–Trinajstić information content (AvgIpc) is 3.21. The molecule has 1 aliphatic rings. The summed E-state index contributed by atoms with van der Waals surface area (Å²) in [6.45, 7) is 2.99. The molecule has 1 saturated heterocycles. The summed E-state index contributed by atoms with van der Waals surface area (Å²) < 4.78 is 5.75. The molecule has 1 aliphatic heterocycles. The third-order valence-electron chi connectivity index (χ3n) is 4.03. The Labute approximate surface area is 139 Å². The Balaban J connectivity index is 1.75. The number of hydrogen-bond donors (Lipinski definition) is 0. The minimum Gasteiger partial charge on any atom is -0.377 e. The summed E-state index contributed by atoms with van der Waals surface area (Å²) in [6, 6.07) is 11.1. The van der Waals surface area contributed by atoms with Gasteiger partial charge in [-0.2, -0.15) is 0 Å². The molecule has 2 heterocycles. The highest BCUT2D eigenvalue weighted by atomic mass is 32.1. The quantitative estimate of drug-likeness (QED) is 0.571. The van der Waals surface area contributed by atoms with Crippen molar-refractivity contribution in [1.82, 2.24) is 4.90 Å². The van der Waals surface area contributed by atoms with Gasteiger partial charge >= 0.3 is 0 Å². The topological polar surface area (TPSA) is 55.6 Å². The third kappa shape index (κ3) is 4.37. The Morgan fingerprint density at radius 1 is 1.26 bits per heavy atom. The van der Waals surface area contributed by atoms with Crippen LogP contribution in [0.2, 0.25) is 0 Å². The summed E-state index contributed by atoms with van der Waals surface area (Å²) in [6.07, 6.45) is 2.40. The number of thiophene rings is 1. The largest absolute Gasteiger partial charge is 0.377 e. The van der Waals surface area contributed by atoms with Crippen molar-refractivity contribution in [3.8, 4) is 0 Å². The summed E-state index contributed by atoms with van der Waals surface area (Å²) in [5.74, 6) is 0.